The van der Waals surface area contributed by atoms with Gasteiger partial charge in [0.1, 0.15) is 0 Å². The Labute approximate surface area is 109 Å². The first-order chi connectivity index (χ1) is 8.51. The zero-order valence-corrected chi connectivity index (χ0v) is 11.3. The first kappa shape index (κ1) is 14.5. The fraction of sp³-hybridized carbons (Fsp3) is 0.571. The van der Waals surface area contributed by atoms with Crippen LogP contribution in [-0.4, -0.2) is 47.3 Å². The van der Waals surface area contributed by atoms with Crippen LogP contribution in [0.5, 0.6) is 0 Å². The molecule has 0 radical (unpaired) electrons. The molecule has 0 aromatic heterocycles. The molecule has 0 aliphatic carbocycles. The minimum Gasteiger partial charge on any atom is -0.339 e. The van der Waals surface area contributed by atoms with Crippen LogP contribution in [0.3, 0.4) is 0 Å². The summed E-state index contributed by atoms with van der Waals surface area (Å²) in [7, 11) is 0. The average Bonchev–Trinajstić information content (AvgIpc) is 2.70. The van der Waals surface area contributed by atoms with Gasteiger partial charge in [-0.25, -0.2) is 0 Å². The summed E-state index contributed by atoms with van der Waals surface area (Å²) >= 11 is 0. The third-order valence-corrected chi connectivity index (χ3v) is 3.14. The van der Waals surface area contributed by atoms with E-state index in [1.165, 1.54) is 0 Å². The van der Waals surface area contributed by atoms with Gasteiger partial charge in [-0.1, -0.05) is 12.2 Å². The lowest BCUT2D eigenvalue weighted by Crippen LogP contribution is -2.38. The Hall–Kier alpha value is -1.58. The molecule has 1 heterocycles. The molecule has 4 nitrogen and oxygen atoms in total. The van der Waals surface area contributed by atoms with Crippen molar-refractivity contribution in [3.05, 3.63) is 25.3 Å². The monoisotopic (exact) mass is 250 g/mol. The molecule has 0 spiro atoms. The van der Waals surface area contributed by atoms with Gasteiger partial charge in [0.2, 0.25) is 11.8 Å². The summed E-state index contributed by atoms with van der Waals surface area (Å²) in [6.45, 7) is 12.7. The zero-order chi connectivity index (χ0) is 13.7. The summed E-state index contributed by atoms with van der Waals surface area (Å²) in [4.78, 5) is 27.5. The van der Waals surface area contributed by atoms with Crippen LogP contribution < -0.4 is 0 Å². The lowest BCUT2D eigenvalue weighted by Gasteiger charge is -2.24. The first-order valence-electron chi connectivity index (χ1n) is 6.31. The Morgan fingerprint density at radius 2 is 2.00 bits per heavy atom. The molecule has 0 bridgehead atoms. The number of rotatable bonds is 6. The Bertz CT molecular complexity index is 340. The van der Waals surface area contributed by atoms with Crippen LogP contribution >= 0.6 is 0 Å². The van der Waals surface area contributed by atoms with E-state index in [1.54, 1.807) is 22.0 Å². The molecule has 1 atom stereocenters. The minimum atomic E-state index is -0.222. The van der Waals surface area contributed by atoms with Crippen molar-refractivity contribution >= 4 is 11.8 Å². The Kier molecular flexibility index (Phi) is 5.13. The highest BCUT2D eigenvalue weighted by Crippen LogP contribution is 2.22. The topological polar surface area (TPSA) is 40.6 Å². The predicted molar refractivity (Wildman–Crippen MR) is 71.9 cm³/mol. The second-order valence-corrected chi connectivity index (χ2v) is 4.86. The lowest BCUT2D eigenvalue weighted by molar-refractivity contribution is -0.134. The van der Waals surface area contributed by atoms with Gasteiger partial charge in [0.25, 0.3) is 0 Å². The van der Waals surface area contributed by atoms with Crippen LogP contribution in [0.25, 0.3) is 0 Å². The maximum atomic E-state index is 12.3. The highest BCUT2D eigenvalue weighted by Gasteiger charge is 2.36. The third-order valence-electron chi connectivity index (χ3n) is 3.14. The van der Waals surface area contributed by atoms with Crippen molar-refractivity contribution in [3.63, 3.8) is 0 Å². The number of hydrogen-bond acceptors (Lipinski definition) is 2. The SMILES string of the molecule is C=CCN(CC=C)C(=O)[C@H]1CC(=O)N(C(C)C)C1. The summed E-state index contributed by atoms with van der Waals surface area (Å²) in [5.74, 6) is -0.133. The van der Waals surface area contributed by atoms with Crippen LogP contribution in [0.4, 0.5) is 0 Å². The maximum Gasteiger partial charge on any atom is 0.228 e. The van der Waals surface area contributed by atoms with E-state index in [9.17, 15) is 9.59 Å². The third kappa shape index (κ3) is 3.22. The molecule has 1 saturated heterocycles. The van der Waals surface area contributed by atoms with Crippen LogP contribution in [0.1, 0.15) is 20.3 Å². The summed E-state index contributed by atoms with van der Waals surface area (Å²) in [6, 6.07) is 0.155. The number of carbonyl (C=O) groups excluding carboxylic acids is 2. The van der Waals surface area contributed by atoms with E-state index in [4.69, 9.17) is 0 Å². The smallest absolute Gasteiger partial charge is 0.228 e. The van der Waals surface area contributed by atoms with Crippen molar-refractivity contribution in [2.45, 2.75) is 26.3 Å². The van der Waals surface area contributed by atoms with Gasteiger partial charge in [-0.05, 0) is 13.8 Å². The first-order valence-corrected chi connectivity index (χ1v) is 6.31. The lowest BCUT2D eigenvalue weighted by atomic mass is 10.1. The molecule has 100 valence electrons. The van der Waals surface area contributed by atoms with E-state index >= 15 is 0 Å². The Morgan fingerprint density at radius 3 is 2.39 bits per heavy atom. The van der Waals surface area contributed by atoms with Crippen LogP contribution in [0.15, 0.2) is 25.3 Å². The van der Waals surface area contributed by atoms with E-state index in [1.807, 2.05) is 13.8 Å². The summed E-state index contributed by atoms with van der Waals surface area (Å²) in [5.41, 5.74) is 0. The van der Waals surface area contributed by atoms with Gasteiger partial charge in [0.05, 0.1) is 5.92 Å². The molecule has 1 aliphatic heterocycles. The van der Waals surface area contributed by atoms with Crippen molar-refractivity contribution < 1.29 is 9.59 Å². The standard InChI is InChI=1S/C14H22N2O2/c1-5-7-15(8-6-2)14(18)12-9-13(17)16(10-12)11(3)4/h5-6,11-12H,1-2,7-10H2,3-4H3/t12-/m0/s1. The number of amides is 2. The van der Waals surface area contributed by atoms with Crippen LogP contribution in [0, 0.1) is 5.92 Å². The van der Waals surface area contributed by atoms with Gasteiger partial charge in [-0.2, -0.15) is 0 Å². The Morgan fingerprint density at radius 1 is 1.44 bits per heavy atom. The van der Waals surface area contributed by atoms with Gasteiger partial charge in [-0.15, -0.1) is 13.2 Å². The van der Waals surface area contributed by atoms with Gasteiger partial charge in [0.15, 0.2) is 0 Å². The minimum absolute atomic E-state index is 0.0197. The van der Waals surface area contributed by atoms with Gasteiger partial charge < -0.3 is 9.80 Å². The largest absolute Gasteiger partial charge is 0.339 e. The van der Waals surface area contributed by atoms with Crippen LogP contribution in [0.2, 0.25) is 0 Å². The Balaban J connectivity index is 2.69. The molecule has 0 aromatic carbocycles. The van der Waals surface area contributed by atoms with Crippen molar-refractivity contribution in [1.29, 1.82) is 0 Å². The van der Waals surface area contributed by atoms with Crippen molar-refractivity contribution in [3.8, 4) is 0 Å². The van der Waals surface area contributed by atoms with E-state index < -0.39 is 0 Å². The molecule has 0 N–H and O–H groups in total. The van der Waals surface area contributed by atoms with Crippen molar-refractivity contribution in [2.24, 2.45) is 5.92 Å². The van der Waals surface area contributed by atoms with Gasteiger partial charge in [0, 0.05) is 32.1 Å². The molecular weight excluding hydrogens is 228 g/mol. The van der Waals surface area contributed by atoms with E-state index in [0.717, 1.165) is 0 Å². The second kappa shape index (κ2) is 6.38. The molecule has 1 fully saturated rings. The number of carbonyl (C=O) groups is 2. The highest BCUT2D eigenvalue weighted by atomic mass is 16.2. The second-order valence-electron chi connectivity index (χ2n) is 4.86. The molecule has 1 rings (SSSR count). The molecule has 4 heteroatoms. The molecule has 2 amide bonds. The number of nitrogens with zero attached hydrogens (tertiary/aromatic N) is 2. The predicted octanol–water partition coefficient (Wildman–Crippen LogP) is 1.44. The normalized spacial score (nSPS) is 19.2. The molecule has 0 aromatic rings. The van der Waals surface area contributed by atoms with Crippen molar-refractivity contribution in [2.75, 3.05) is 19.6 Å². The molecule has 1 aliphatic rings. The summed E-state index contributed by atoms with van der Waals surface area (Å²) < 4.78 is 0. The van der Waals surface area contributed by atoms with E-state index in [0.29, 0.717) is 26.1 Å². The maximum absolute atomic E-state index is 12.3. The highest BCUT2D eigenvalue weighted by molar-refractivity contribution is 5.89. The molecule has 0 saturated carbocycles. The van der Waals surface area contributed by atoms with Gasteiger partial charge in [-0.3, -0.25) is 9.59 Å². The fourth-order valence-corrected chi connectivity index (χ4v) is 2.22. The average molecular weight is 250 g/mol. The van der Waals surface area contributed by atoms with E-state index in [2.05, 4.69) is 13.2 Å². The summed E-state index contributed by atoms with van der Waals surface area (Å²) in [6.07, 6.45) is 3.71. The molecule has 0 unspecified atom stereocenters. The van der Waals surface area contributed by atoms with Gasteiger partial charge >= 0.3 is 0 Å². The van der Waals surface area contributed by atoms with E-state index in [-0.39, 0.29) is 23.8 Å². The zero-order valence-electron chi connectivity index (χ0n) is 11.3. The summed E-state index contributed by atoms with van der Waals surface area (Å²) in [5, 5.41) is 0. The van der Waals surface area contributed by atoms with Crippen molar-refractivity contribution in [1.82, 2.24) is 9.80 Å². The number of likely N-dealkylation sites (tertiary alicyclic amines) is 1. The molecular formula is C14H22N2O2. The number of hydrogen-bond donors (Lipinski definition) is 0. The van der Waals surface area contributed by atoms with Crippen LogP contribution in [-0.2, 0) is 9.59 Å². The molecule has 18 heavy (non-hydrogen) atoms. The fourth-order valence-electron chi connectivity index (χ4n) is 2.22. The quantitative estimate of drug-likeness (QED) is 0.669.